The molecule has 0 spiro atoms. The van der Waals surface area contributed by atoms with Gasteiger partial charge < -0.3 is 10.4 Å². The van der Waals surface area contributed by atoms with Crippen LogP contribution in [0.25, 0.3) is 0 Å². The van der Waals surface area contributed by atoms with Gasteiger partial charge in [0.2, 0.25) is 5.91 Å². The van der Waals surface area contributed by atoms with Crippen LogP contribution >= 0.6 is 11.3 Å². The Bertz CT molecular complexity index is 627. The van der Waals surface area contributed by atoms with Crippen molar-refractivity contribution in [2.45, 2.75) is 26.8 Å². The third kappa shape index (κ3) is 3.21. The summed E-state index contributed by atoms with van der Waals surface area (Å²) >= 11 is 1.21. The number of aromatic carboxylic acids is 1. The third-order valence-electron chi connectivity index (χ3n) is 2.83. The van der Waals surface area contributed by atoms with E-state index < -0.39 is 5.97 Å². The Morgan fingerprint density at radius 2 is 2.20 bits per heavy atom. The molecule has 2 aromatic rings. The first kappa shape index (κ1) is 14.2. The minimum atomic E-state index is -1.07. The number of rotatable bonds is 5. The fourth-order valence-corrected chi connectivity index (χ4v) is 2.43. The minimum absolute atomic E-state index is 0.000715. The summed E-state index contributed by atoms with van der Waals surface area (Å²) in [5.74, 6) is -1.21. The van der Waals surface area contributed by atoms with Crippen LogP contribution < -0.4 is 5.32 Å². The van der Waals surface area contributed by atoms with E-state index in [9.17, 15) is 9.59 Å². The summed E-state index contributed by atoms with van der Waals surface area (Å²) in [6, 6.07) is 0. The highest BCUT2D eigenvalue weighted by molar-refractivity contribution is 7.09. The van der Waals surface area contributed by atoms with Crippen molar-refractivity contribution in [3.05, 3.63) is 33.0 Å². The molecule has 0 radical (unpaired) electrons. The fraction of sp³-hybridized carbons (Fsp3) is 0.333. The summed E-state index contributed by atoms with van der Waals surface area (Å²) in [6.07, 6.45) is 0.241. The van der Waals surface area contributed by atoms with Crippen LogP contribution in [-0.2, 0) is 17.8 Å². The summed E-state index contributed by atoms with van der Waals surface area (Å²) in [7, 11) is 0. The van der Waals surface area contributed by atoms with Gasteiger partial charge in [0.15, 0.2) is 5.69 Å². The molecule has 0 saturated heterocycles. The standard InChI is InChI=1S/C12H14N4O3S/c1-6-8(7(2)16-15-6)3-10(17)13-4-11-14-9(5-20-11)12(18)19/h5H,3-4H2,1-2H3,(H,13,17)(H,15,16)(H,18,19). The molecule has 0 aromatic carbocycles. The predicted molar refractivity (Wildman–Crippen MR) is 72.7 cm³/mol. The van der Waals surface area contributed by atoms with E-state index in [1.807, 2.05) is 13.8 Å². The first-order valence-corrected chi connectivity index (χ1v) is 6.80. The summed E-state index contributed by atoms with van der Waals surface area (Å²) in [5.41, 5.74) is 2.56. The Labute approximate surface area is 119 Å². The zero-order chi connectivity index (χ0) is 14.7. The second-order valence-electron chi connectivity index (χ2n) is 4.30. The average Bonchev–Trinajstić information content (AvgIpc) is 2.98. The van der Waals surface area contributed by atoms with Crippen LogP contribution in [0, 0.1) is 13.8 Å². The Kier molecular flexibility index (Phi) is 4.14. The summed E-state index contributed by atoms with van der Waals surface area (Å²) in [5, 5.41) is 20.3. The van der Waals surface area contributed by atoms with E-state index in [1.165, 1.54) is 16.7 Å². The van der Waals surface area contributed by atoms with Crippen LogP contribution in [0.3, 0.4) is 0 Å². The smallest absolute Gasteiger partial charge is 0.355 e. The SMILES string of the molecule is Cc1n[nH]c(C)c1CC(=O)NCc1nc(C(=O)O)cs1. The van der Waals surface area contributed by atoms with E-state index in [2.05, 4.69) is 20.5 Å². The Morgan fingerprint density at radius 3 is 2.75 bits per heavy atom. The van der Waals surface area contributed by atoms with Crippen LogP contribution in [0.15, 0.2) is 5.38 Å². The first-order valence-electron chi connectivity index (χ1n) is 5.92. The normalized spacial score (nSPS) is 10.5. The van der Waals surface area contributed by atoms with Crippen molar-refractivity contribution in [2.75, 3.05) is 0 Å². The molecule has 8 heteroatoms. The number of aromatic amines is 1. The molecule has 2 aromatic heterocycles. The Hall–Kier alpha value is -2.22. The van der Waals surface area contributed by atoms with E-state index in [0.29, 0.717) is 5.01 Å². The van der Waals surface area contributed by atoms with Gasteiger partial charge in [-0.05, 0) is 13.8 Å². The lowest BCUT2D eigenvalue weighted by molar-refractivity contribution is -0.120. The molecule has 0 unspecified atom stereocenters. The molecular weight excluding hydrogens is 280 g/mol. The number of H-pyrrole nitrogens is 1. The number of carboxylic acids is 1. The van der Waals surface area contributed by atoms with E-state index in [1.54, 1.807) is 0 Å². The molecule has 0 aliphatic carbocycles. The quantitative estimate of drug-likeness (QED) is 0.763. The van der Waals surface area contributed by atoms with Crippen molar-refractivity contribution in [3.63, 3.8) is 0 Å². The van der Waals surface area contributed by atoms with Gasteiger partial charge in [-0.25, -0.2) is 9.78 Å². The van der Waals surface area contributed by atoms with Gasteiger partial charge in [-0.1, -0.05) is 0 Å². The van der Waals surface area contributed by atoms with Gasteiger partial charge in [-0.15, -0.1) is 11.3 Å². The molecule has 7 nitrogen and oxygen atoms in total. The zero-order valence-corrected chi connectivity index (χ0v) is 11.9. The highest BCUT2D eigenvalue weighted by Crippen LogP contribution is 2.11. The number of nitrogens with one attached hydrogen (secondary N) is 2. The zero-order valence-electron chi connectivity index (χ0n) is 11.1. The molecule has 0 aliphatic rings. The van der Waals surface area contributed by atoms with Gasteiger partial charge in [0.05, 0.1) is 18.7 Å². The van der Waals surface area contributed by atoms with E-state index in [0.717, 1.165) is 17.0 Å². The number of aryl methyl sites for hydroxylation is 2. The topological polar surface area (TPSA) is 108 Å². The molecule has 0 fully saturated rings. The molecular formula is C12H14N4O3S. The van der Waals surface area contributed by atoms with Crippen molar-refractivity contribution in [1.29, 1.82) is 0 Å². The van der Waals surface area contributed by atoms with Crippen LogP contribution in [0.5, 0.6) is 0 Å². The lowest BCUT2D eigenvalue weighted by atomic mass is 10.1. The van der Waals surface area contributed by atoms with Crippen molar-refractivity contribution in [1.82, 2.24) is 20.5 Å². The third-order valence-corrected chi connectivity index (χ3v) is 3.67. The first-order chi connectivity index (χ1) is 9.47. The van der Waals surface area contributed by atoms with Crippen LogP contribution in [0.4, 0.5) is 0 Å². The van der Waals surface area contributed by atoms with Gasteiger partial charge in [-0.3, -0.25) is 9.89 Å². The van der Waals surface area contributed by atoms with Gasteiger partial charge >= 0.3 is 5.97 Å². The second-order valence-corrected chi connectivity index (χ2v) is 5.24. The molecule has 3 N–H and O–H groups in total. The molecule has 0 saturated carbocycles. The number of aromatic nitrogens is 3. The number of hydrogen-bond donors (Lipinski definition) is 3. The number of carbonyl (C=O) groups excluding carboxylic acids is 1. The molecule has 2 rings (SSSR count). The van der Waals surface area contributed by atoms with Crippen molar-refractivity contribution in [3.8, 4) is 0 Å². The van der Waals surface area contributed by atoms with E-state index >= 15 is 0 Å². The number of hydrogen-bond acceptors (Lipinski definition) is 5. The van der Waals surface area contributed by atoms with Gasteiger partial charge in [0.1, 0.15) is 5.01 Å². The maximum atomic E-state index is 11.8. The van der Waals surface area contributed by atoms with Crippen LogP contribution in [-0.4, -0.2) is 32.2 Å². The number of carbonyl (C=O) groups is 2. The number of amides is 1. The van der Waals surface area contributed by atoms with Crippen LogP contribution in [0.2, 0.25) is 0 Å². The molecule has 0 bridgehead atoms. The summed E-state index contributed by atoms with van der Waals surface area (Å²) in [6.45, 7) is 3.93. The lowest BCUT2D eigenvalue weighted by Crippen LogP contribution is -2.25. The molecule has 0 aliphatic heterocycles. The summed E-state index contributed by atoms with van der Waals surface area (Å²) in [4.78, 5) is 26.4. The number of nitrogens with zero attached hydrogens (tertiary/aromatic N) is 2. The molecule has 1 amide bonds. The highest BCUT2D eigenvalue weighted by atomic mass is 32.1. The highest BCUT2D eigenvalue weighted by Gasteiger charge is 2.13. The minimum Gasteiger partial charge on any atom is -0.476 e. The molecule has 2 heterocycles. The summed E-state index contributed by atoms with van der Waals surface area (Å²) < 4.78 is 0. The van der Waals surface area contributed by atoms with Crippen LogP contribution in [0.1, 0.15) is 32.4 Å². The molecule has 20 heavy (non-hydrogen) atoms. The number of carboxylic acid groups (broad SMARTS) is 1. The second kappa shape index (κ2) is 5.83. The van der Waals surface area contributed by atoms with Gasteiger partial charge in [0, 0.05) is 16.6 Å². The van der Waals surface area contributed by atoms with Gasteiger partial charge in [-0.2, -0.15) is 5.10 Å². The monoisotopic (exact) mass is 294 g/mol. The molecule has 0 atom stereocenters. The number of thiazole rings is 1. The Balaban J connectivity index is 1.90. The van der Waals surface area contributed by atoms with E-state index in [-0.39, 0.29) is 24.6 Å². The van der Waals surface area contributed by atoms with Crippen molar-refractivity contribution in [2.24, 2.45) is 0 Å². The maximum absolute atomic E-state index is 11.8. The Morgan fingerprint density at radius 1 is 1.45 bits per heavy atom. The van der Waals surface area contributed by atoms with Crippen molar-refractivity contribution < 1.29 is 14.7 Å². The molecule has 106 valence electrons. The average molecular weight is 294 g/mol. The van der Waals surface area contributed by atoms with Crippen molar-refractivity contribution >= 4 is 23.2 Å². The van der Waals surface area contributed by atoms with E-state index in [4.69, 9.17) is 5.11 Å². The fourth-order valence-electron chi connectivity index (χ4n) is 1.72. The lowest BCUT2D eigenvalue weighted by Gasteiger charge is -2.03. The maximum Gasteiger partial charge on any atom is 0.355 e. The van der Waals surface area contributed by atoms with Gasteiger partial charge in [0.25, 0.3) is 0 Å². The largest absolute Gasteiger partial charge is 0.476 e. The predicted octanol–water partition coefficient (Wildman–Crippen LogP) is 1.04.